The summed E-state index contributed by atoms with van der Waals surface area (Å²) in [6.07, 6.45) is 11.1. The molecule has 0 bridgehead atoms. The Labute approximate surface area is 717 Å². The number of aliphatic hydroxyl groups excluding tert-OH is 1. The maximum atomic E-state index is 16.0. The molecule has 3 amide bonds. The minimum absolute atomic E-state index is 0.0192. The SMILES string of the molecule is CC(C)(C)CC1(C)NC(C(=O)CC2CC(C)(O)C2)C(c2cccc(Cl)c2F)C12C(=O)Nc1cc(Cl)ccc12.CC1CCC(CC(=O)C2NC(C)(CC(C)(C)C)C3(C(=O)Nc4cc(Cl)ccc43)C2c2cccc(Cl)c2F)CC1.CCC1(CC(C)(C)C)NC(C(=O)CC2CCC(O)CC2)C(c2cccc(Cl)c2F)C12C(=O)Nc1cc(Cl)ccc12. The van der Waals surface area contributed by atoms with Gasteiger partial charge in [-0.15, -0.1) is 0 Å². The molecule has 12 atom stereocenters. The van der Waals surface area contributed by atoms with Gasteiger partial charge in [-0.3, -0.25) is 34.1 Å². The van der Waals surface area contributed by atoms with Crippen molar-refractivity contribution < 1.29 is 52.2 Å². The van der Waals surface area contributed by atoms with Crippen LogP contribution in [0.15, 0.2) is 109 Å². The average molecular weight is 1720 g/mol. The van der Waals surface area contributed by atoms with Gasteiger partial charge in [0.15, 0.2) is 17.3 Å². The molecule has 630 valence electrons. The first-order valence-corrected chi connectivity index (χ1v) is 43.9. The number of hydrogen-bond acceptors (Lipinski definition) is 11. The molecule has 9 aliphatic rings. The first-order valence-electron chi connectivity index (χ1n) is 41.7. The number of carbonyl (C=O) groups is 6. The van der Waals surface area contributed by atoms with E-state index in [0.717, 1.165) is 49.7 Å². The predicted molar refractivity (Wildman–Crippen MR) is 462 cm³/mol. The largest absolute Gasteiger partial charge is 0.393 e. The third-order valence-electron chi connectivity index (χ3n) is 27.4. The maximum Gasteiger partial charge on any atom is 0.237 e. The molecule has 8 N–H and O–H groups in total. The summed E-state index contributed by atoms with van der Waals surface area (Å²) in [5.74, 6) is -4.03. The van der Waals surface area contributed by atoms with Gasteiger partial charge >= 0.3 is 0 Å². The summed E-state index contributed by atoms with van der Waals surface area (Å²) in [7, 11) is 0. The molecule has 3 saturated carbocycles. The highest BCUT2D eigenvalue weighted by molar-refractivity contribution is 6.33. The summed E-state index contributed by atoms with van der Waals surface area (Å²) in [6, 6.07) is 28.1. The summed E-state index contributed by atoms with van der Waals surface area (Å²) < 4.78 is 47.9. The minimum atomic E-state index is -1.31. The van der Waals surface area contributed by atoms with Crippen LogP contribution in [0.3, 0.4) is 0 Å². The molecule has 3 saturated heterocycles. The lowest BCUT2D eigenvalue weighted by Gasteiger charge is -2.47. The minimum Gasteiger partial charge on any atom is -0.393 e. The summed E-state index contributed by atoms with van der Waals surface area (Å²) in [4.78, 5) is 85.8. The second-order valence-corrected chi connectivity index (χ2v) is 42.5. The number of anilines is 3. The lowest BCUT2D eigenvalue weighted by Crippen LogP contribution is -2.60. The fourth-order valence-electron chi connectivity index (χ4n) is 23.6. The average Bonchev–Trinajstić information content (AvgIpc) is 1.52. The zero-order chi connectivity index (χ0) is 85.2. The number of benzene rings is 6. The molecular weight excluding hydrogens is 1610 g/mol. The highest BCUT2D eigenvalue weighted by atomic mass is 35.5. The van der Waals surface area contributed by atoms with Crippen LogP contribution in [0.25, 0.3) is 0 Å². The Morgan fingerprint density at radius 1 is 0.444 bits per heavy atom. The number of nitrogens with one attached hydrogen (secondary N) is 6. The normalized spacial score (nSPS) is 32.8. The van der Waals surface area contributed by atoms with Crippen LogP contribution < -0.4 is 31.9 Å². The molecule has 3 aliphatic carbocycles. The Morgan fingerprint density at radius 2 is 0.761 bits per heavy atom. The van der Waals surface area contributed by atoms with Gasteiger partial charge in [-0.05, 0) is 226 Å². The maximum absolute atomic E-state index is 16.0. The molecule has 6 fully saturated rings. The van der Waals surface area contributed by atoms with Crippen molar-refractivity contribution >= 4 is 122 Å². The third-order valence-corrected chi connectivity index (χ3v) is 29.0. The van der Waals surface area contributed by atoms with Crippen molar-refractivity contribution in [3.05, 3.63) is 190 Å². The van der Waals surface area contributed by atoms with Crippen molar-refractivity contribution in [2.45, 2.75) is 287 Å². The molecule has 117 heavy (non-hydrogen) atoms. The van der Waals surface area contributed by atoms with E-state index in [1.807, 2.05) is 39.0 Å². The molecule has 0 aromatic heterocycles. The number of rotatable bonds is 16. The van der Waals surface area contributed by atoms with Gasteiger partial charge in [0.2, 0.25) is 17.7 Å². The van der Waals surface area contributed by atoms with Crippen molar-refractivity contribution in [2.75, 3.05) is 16.0 Å². The highest BCUT2D eigenvalue weighted by Crippen LogP contribution is 2.67. The topological polar surface area (TPSA) is 215 Å². The van der Waals surface area contributed by atoms with E-state index in [0.29, 0.717) is 119 Å². The Balaban J connectivity index is 0.000000152. The van der Waals surface area contributed by atoms with Gasteiger partial charge in [0.1, 0.15) is 33.7 Å². The van der Waals surface area contributed by atoms with Crippen molar-refractivity contribution in [1.82, 2.24) is 16.0 Å². The smallest absolute Gasteiger partial charge is 0.237 e. The van der Waals surface area contributed by atoms with Crippen LogP contribution in [0.5, 0.6) is 0 Å². The molecule has 6 aromatic rings. The summed E-state index contributed by atoms with van der Waals surface area (Å²) in [5, 5.41) is 41.7. The van der Waals surface area contributed by atoms with E-state index in [9.17, 15) is 39.0 Å². The first kappa shape index (κ1) is 88.8. The summed E-state index contributed by atoms with van der Waals surface area (Å²) >= 11 is 37.9. The molecule has 0 radical (unpaired) electrons. The second kappa shape index (κ2) is 32.7. The van der Waals surface area contributed by atoms with Gasteiger partial charge in [0.05, 0.1) is 44.9 Å². The molecule has 14 nitrogen and oxygen atoms in total. The summed E-state index contributed by atoms with van der Waals surface area (Å²) in [5.41, 5.74) is -3.20. The van der Waals surface area contributed by atoms with E-state index in [4.69, 9.17) is 69.6 Å². The summed E-state index contributed by atoms with van der Waals surface area (Å²) in [6.45, 7) is 29.0. The van der Waals surface area contributed by atoms with Crippen LogP contribution >= 0.6 is 69.6 Å². The molecule has 23 heteroatoms. The fraction of sp³-hybridized carbons (Fsp3) is 0.553. The van der Waals surface area contributed by atoms with Gasteiger partial charge in [-0.25, -0.2) is 13.2 Å². The molecule has 15 rings (SSSR count). The van der Waals surface area contributed by atoms with Crippen LogP contribution in [0.1, 0.15) is 257 Å². The second-order valence-electron chi connectivity index (χ2n) is 40.0. The predicted octanol–water partition coefficient (Wildman–Crippen LogP) is 21.6. The Hall–Kier alpha value is -5.93. The molecule has 6 heterocycles. The van der Waals surface area contributed by atoms with Crippen molar-refractivity contribution in [2.24, 2.45) is 39.9 Å². The molecular formula is C94H113Cl6F3N6O8. The van der Waals surface area contributed by atoms with Crippen LogP contribution in [0.2, 0.25) is 30.1 Å². The fourth-order valence-corrected chi connectivity index (χ4v) is 24.7. The van der Waals surface area contributed by atoms with Crippen molar-refractivity contribution in [1.29, 1.82) is 0 Å². The molecule has 6 aromatic carbocycles. The quantitative estimate of drug-likeness (QED) is 0.0456. The van der Waals surface area contributed by atoms with Crippen LogP contribution in [0.4, 0.5) is 30.2 Å². The first-order chi connectivity index (χ1) is 54.7. The van der Waals surface area contributed by atoms with Crippen molar-refractivity contribution in [3.8, 4) is 0 Å². The zero-order valence-corrected chi connectivity index (χ0v) is 74.0. The lowest BCUT2D eigenvalue weighted by atomic mass is 9.55. The van der Waals surface area contributed by atoms with E-state index >= 15 is 13.2 Å². The van der Waals surface area contributed by atoms with Crippen LogP contribution in [-0.4, -0.2) is 91.7 Å². The third kappa shape index (κ3) is 16.2. The van der Waals surface area contributed by atoms with Crippen LogP contribution in [-0.2, 0) is 45.0 Å². The molecule has 12 unspecified atom stereocenters. The monoisotopic (exact) mass is 1720 g/mol. The van der Waals surface area contributed by atoms with E-state index in [1.165, 1.54) is 18.2 Å². The Morgan fingerprint density at radius 3 is 1.10 bits per heavy atom. The number of carbonyl (C=O) groups excluding carboxylic acids is 6. The standard InChI is InChI=1S/C32H39Cl2FN2O3.C32H39Cl2FN2O2.C30H35Cl2FN2O3/c1-5-31(17-30(2,3)4)32(22-14-11-19(33)16-24(22)36-29(32)40)26(21-7-6-8-23(34)27(21)35)28(37-31)25(39)15-18-9-12-20(38)13-10-18;1-18-9-11-19(12-10-18)15-25(38)28-26(21-7-6-8-23(34)27(21)35)32(31(5,37-28)17-30(2,3)4)22-14-13-20(33)16-24(22)36-29(32)39;1-27(2,3)15-29(5)30(19-10-9-17(31)12-21(19)34-26(30)37)23(18-7-6-8-20(32)24(18)33)25(35-29)22(36)11-16-13-28(4,38)14-16/h6-8,11,14,16,18,20,26,28,37-38H,5,9-10,12-13,15,17H2,1-4H3,(H,36,40);6-8,13-14,16,18-19,26,28,37H,9-12,15,17H2,1-5H3,(H,36,39);6-10,12,16,23,25,35,38H,11,13-15H2,1-5H3,(H,34,37). The Bertz CT molecular complexity index is 4890. The number of halogens is 9. The Kier molecular flexibility index (Phi) is 24.8. The zero-order valence-electron chi connectivity index (χ0n) is 69.5. The van der Waals surface area contributed by atoms with Gasteiger partial charge < -0.3 is 36.8 Å². The number of ketones is 3. The number of hydrogen-bond donors (Lipinski definition) is 8. The van der Waals surface area contributed by atoms with Gasteiger partial charge in [0, 0.05) is 85.8 Å². The number of aliphatic hydroxyl groups is 2. The van der Waals surface area contributed by atoms with Gasteiger partial charge in [0.25, 0.3) is 0 Å². The highest BCUT2D eigenvalue weighted by Gasteiger charge is 2.75. The van der Waals surface area contributed by atoms with E-state index in [-0.39, 0.29) is 102 Å². The lowest BCUT2D eigenvalue weighted by molar-refractivity contribution is -0.127. The van der Waals surface area contributed by atoms with E-state index in [1.54, 1.807) is 79.7 Å². The number of amides is 3. The molecule has 3 spiro atoms. The van der Waals surface area contributed by atoms with Gasteiger partial charge in [-0.2, -0.15) is 0 Å². The van der Waals surface area contributed by atoms with Crippen molar-refractivity contribution in [3.63, 3.8) is 0 Å². The number of fused-ring (bicyclic) bond motifs is 6. The van der Waals surface area contributed by atoms with Crippen LogP contribution in [0, 0.1) is 57.4 Å². The van der Waals surface area contributed by atoms with Gasteiger partial charge in [-0.1, -0.05) is 213 Å². The molecule has 6 aliphatic heterocycles. The van der Waals surface area contributed by atoms with E-state index < -0.39 is 91.8 Å². The number of Topliss-reactive ketones (excluding diaryl/α,β-unsaturated/α-hetero) is 3. The van der Waals surface area contributed by atoms with E-state index in [2.05, 4.69) is 101 Å².